The summed E-state index contributed by atoms with van der Waals surface area (Å²) in [7, 11) is -4.00. The number of hydrogen-bond donors (Lipinski definition) is 2. The van der Waals surface area contributed by atoms with Crippen LogP contribution in [0, 0.1) is 11.8 Å². The summed E-state index contributed by atoms with van der Waals surface area (Å²) in [5.74, 6) is 0.835. The molecule has 1 fully saturated rings. The van der Waals surface area contributed by atoms with Gasteiger partial charge in [0, 0.05) is 19.4 Å². The second kappa shape index (κ2) is 7.68. The van der Waals surface area contributed by atoms with E-state index < -0.39 is 10.1 Å². The number of rotatable bonds is 4. The molecule has 3 N–H and O–H groups in total. The molecule has 0 bridgehead atoms. The van der Waals surface area contributed by atoms with Crippen LogP contribution in [0.5, 0.6) is 0 Å². The molecule has 6 nitrogen and oxygen atoms in total. The minimum atomic E-state index is -4.00. The van der Waals surface area contributed by atoms with E-state index >= 15 is 0 Å². The van der Waals surface area contributed by atoms with Crippen molar-refractivity contribution in [1.82, 2.24) is 0 Å². The van der Waals surface area contributed by atoms with Crippen molar-refractivity contribution in [3.63, 3.8) is 0 Å². The third-order valence-corrected chi connectivity index (χ3v) is 5.72. The van der Waals surface area contributed by atoms with Crippen molar-refractivity contribution < 1.29 is 22.5 Å². The van der Waals surface area contributed by atoms with Crippen LogP contribution in [0.2, 0.25) is 0 Å². The van der Waals surface area contributed by atoms with Crippen LogP contribution >= 0.6 is 0 Å². The highest BCUT2D eigenvalue weighted by molar-refractivity contribution is 7.85. The molecule has 138 valence electrons. The molecule has 0 aliphatic heterocycles. The Morgan fingerprint density at radius 3 is 2.44 bits per heavy atom. The maximum atomic E-state index is 11.1. The molecule has 0 unspecified atom stereocenters. The lowest BCUT2D eigenvalue weighted by Crippen LogP contribution is -2.58. The molecule has 1 aromatic carbocycles. The van der Waals surface area contributed by atoms with Gasteiger partial charge in [-0.3, -0.25) is 9.35 Å². The summed E-state index contributed by atoms with van der Waals surface area (Å²) in [6.07, 6.45) is 5.50. The fraction of sp³-hybridized carbons (Fsp3) is 0.500. The summed E-state index contributed by atoms with van der Waals surface area (Å²) in [4.78, 5) is 11.0. The smallest absolute Gasteiger partial charge is 0.303 e. The van der Waals surface area contributed by atoms with E-state index in [1.54, 1.807) is 18.2 Å². The molecule has 0 heterocycles. The number of esters is 1. The van der Waals surface area contributed by atoms with Crippen molar-refractivity contribution in [2.75, 3.05) is 6.54 Å². The average molecular weight is 367 g/mol. The number of ether oxygens (including phenoxy) is 1. The third kappa shape index (κ3) is 4.48. The SMILES string of the molecule is CCC1=C[C@@H]2[C@H](C1)C[C@]2(CN)OC(C)=O.O=S(=O)(O)c1ccccc1. The lowest BCUT2D eigenvalue weighted by molar-refractivity contribution is -0.181. The monoisotopic (exact) mass is 367 g/mol. The maximum Gasteiger partial charge on any atom is 0.303 e. The summed E-state index contributed by atoms with van der Waals surface area (Å²) in [6.45, 7) is 4.08. The van der Waals surface area contributed by atoms with E-state index in [0.29, 0.717) is 18.4 Å². The van der Waals surface area contributed by atoms with Gasteiger partial charge in [0.1, 0.15) is 5.60 Å². The van der Waals surface area contributed by atoms with E-state index in [1.165, 1.54) is 31.1 Å². The van der Waals surface area contributed by atoms with Crippen molar-refractivity contribution in [3.8, 4) is 0 Å². The molecular formula is C18H25NO5S. The average Bonchev–Trinajstić information content (AvgIpc) is 2.91. The Labute approximate surface area is 148 Å². The molecule has 0 aromatic heterocycles. The number of fused-ring (bicyclic) bond motifs is 1. The highest BCUT2D eigenvalue weighted by Gasteiger charge is 2.56. The molecule has 3 atom stereocenters. The largest absolute Gasteiger partial charge is 0.457 e. The Morgan fingerprint density at radius 1 is 1.36 bits per heavy atom. The molecule has 2 aliphatic rings. The fourth-order valence-electron chi connectivity index (χ4n) is 3.63. The standard InChI is InChI=1S/C12H19NO2.C6H6O3S/c1-3-9-4-10-6-12(7-13,11(10)5-9)15-8(2)14;7-10(8,9)6-4-2-1-3-5-6/h5,10-11H,3-4,6-7,13H2,1-2H3;1-5H,(H,7,8,9)/t10-,11-,12-;/m1./s1. The first-order valence-corrected chi connectivity index (χ1v) is 9.77. The van der Waals surface area contributed by atoms with Crippen molar-refractivity contribution >= 4 is 16.1 Å². The van der Waals surface area contributed by atoms with Crippen LogP contribution in [0.4, 0.5) is 0 Å². The van der Waals surface area contributed by atoms with E-state index in [-0.39, 0.29) is 16.5 Å². The highest BCUT2D eigenvalue weighted by Crippen LogP contribution is 2.54. The lowest BCUT2D eigenvalue weighted by Gasteiger charge is -2.50. The summed E-state index contributed by atoms with van der Waals surface area (Å²) >= 11 is 0. The zero-order valence-electron chi connectivity index (χ0n) is 14.5. The van der Waals surface area contributed by atoms with Crippen LogP contribution < -0.4 is 5.73 Å². The van der Waals surface area contributed by atoms with Crippen molar-refractivity contribution in [2.24, 2.45) is 17.6 Å². The van der Waals surface area contributed by atoms with Crippen LogP contribution in [0.25, 0.3) is 0 Å². The Kier molecular flexibility index (Phi) is 6.03. The van der Waals surface area contributed by atoms with Gasteiger partial charge in [-0.25, -0.2) is 0 Å². The second-order valence-corrected chi connectivity index (χ2v) is 7.94. The second-order valence-electron chi connectivity index (χ2n) is 6.52. The van der Waals surface area contributed by atoms with Crippen LogP contribution in [-0.2, 0) is 19.6 Å². The van der Waals surface area contributed by atoms with Crippen molar-refractivity contribution in [3.05, 3.63) is 42.0 Å². The van der Waals surface area contributed by atoms with Crippen LogP contribution in [0.1, 0.15) is 33.1 Å². The first-order valence-electron chi connectivity index (χ1n) is 8.33. The predicted octanol–water partition coefficient (Wildman–Crippen LogP) is 2.56. The first-order chi connectivity index (χ1) is 11.7. The van der Waals surface area contributed by atoms with Gasteiger partial charge in [0.15, 0.2) is 0 Å². The summed E-state index contributed by atoms with van der Waals surface area (Å²) in [6, 6.07) is 7.42. The molecule has 0 radical (unpaired) electrons. The third-order valence-electron chi connectivity index (χ3n) is 4.85. The topological polar surface area (TPSA) is 107 Å². The van der Waals surface area contributed by atoms with Gasteiger partial charge in [0.05, 0.1) is 4.90 Å². The minimum absolute atomic E-state index is 0.0741. The number of benzene rings is 1. The summed E-state index contributed by atoms with van der Waals surface area (Å²) in [5, 5.41) is 0. The zero-order chi connectivity index (χ0) is 18.7. The molecule has 7 heteroatoms. The number of nitrogens with two attached hydrogens (primary N) is 1. The fourth-order valence-corrected chi connectivity index (χ4v) is 4.13. The Hall–Kier alpha value is -1.70. The number of allylic oxidation sites excluding steroid dienone is 1. The van der Waals surface area contributed by atoms with Crippen molar-refractivity contribution in [2.45, 2.75) is 43.6 Å². The van der Waals surface area contributed by atoms with E-state index in [0.717, 1.165) is 12.8 Å². The Balaban J connectivity index is 0.000000196. The van der Waals surface area contributed by atoms with Gasteiger partial charge >= 0.3 is 5.97 Å². The highest BCUT2D eigenvalue weighted by atomic mass is 32.2. The molecule has 0 spiro atoms. The first kappa shape index (κ1) is 19.6. The Morgan fingerprint density at radius 2 is 2.00 bits per heavy atom. The van der Waals surface area contributed by atoms with E-state index in [2.05, 4.69) is 13.0 Å². The van der Waals surface area contributed by atoms with Crippen LogP contribution in [0.3, 0.4) is 0 Å². The summed E-state index contributed by atoms with van der Waals surface area (Å²) < 4.78 is 34.7. The molecule has 25 heavy (non-hydrogen) atoms. The maximum absolute atomic E-state index is 11.1. The van der Waals surface area contributed by atoms with Gasteiger partial charge < -0.3 is 10.5 Å². The molecule has 2 aliphatic carbocycles. The number of carbonyl (C=O) groups is 1. The molecule has 1 saturated carbocycles. The summed E-state index contributed by atoms with van der Waals surface area (Å²) in [5.41, 5.74) is 6.86. The van der Waals surface area contributed by atoms with E-state index in [1.807, 2.05) is 0 Å². The van der Waals surface area contributed by atoms with Crippen LogP contribution in [0.15, 0.2) is 46.9 Å². The normalized spacial score (nSPS) is 27.3. The van der Waals surface area contributed by atoms with Crippen molar-refractivity contribution in [1.29, 1.82) is 0 Å². The molecule has 3 rings (SSSR count). The van der Waals surface area contributed by atoms with Gasteiger partial charge in [-0.1, -0.05) is 36.8 Å². The van der Waals surface area contributed by atoms with Gasteiger partial charge in [-0.05, 0) is 37.3 Å². The quantitative estimate of drug-likeness (QED) is 0.481. The predicted molar refractivity (Wildman–Crippen MR) is 94.4 cm³/mol. The minimum Gasteiger partial charge on any atom is -0.457 e. The van der Waals surface area contributed by atoms with Gasteiger partial charge in [-0.2, -0.15) is 8.42 Å². The number of carbonyl (C=O) groups excluding carboxylic acids is 1. The van der Waals surface area contributed by atoms with E-state index in [9.17, 15) is 13.2 Å². The number of hydrogen-bond acceptors (Lipinski definition) is 5. The lowest BCUT2D eigenvalue weighted by atomic mass is 9.62. The zero-order valence-corrected chi connectivity index (χ0v) is 15.3. The van der Waals surface area contributed by atoms with Crippen LogP contribution in [-0.4, -0.2) is 31.1 Å². The van der Waals surface area contributed by atoms with Gasteiger partial charge in [0.2, 0.25) is 0 Å². The Bertz CT molecular complexity index is 744. The molecular weight excluding hydrogens is 342 g/mol. The van der Waals surface area contributed by atoms with Gasteiger partial charge in [-0.15, -0.1) is 0 Å². The van der Waals surface area contributed by atoms with E-state index in [4.69, 9.17) is 15.0 Å². The molecule has 0 saturated heterocycles. The van der Waals surface area contributed by atoms with Gasteiger partial charge in [0.25, 0.3) is 10.1 Å². The molecule has 1 aromatic rings. The molecule has 0 amide bonds.